The predicted molar refractivity (Wildman–Crippen MR) is 78.6 cm³/mol. The Morgan fingerprint density at radius 3 is 2.63 bits per heavy atom. The van der Waals surface area contributed by atoms with Crippen molar-refractivity contribution in [2.24, 2.45) is 0 Å². The first-order valence-corrected chi connectivity index (χ1v) is 6.45. The topological polar surface area (TPSA) is 42.0 Å². The SMILES string of the molecule is Cc1nc(NC(=O)C#Cc2ccccc2)ccc1Br. The van der Waals surface area contributed by atoms with Crippen molar-refractivity contribution in [1.29, 1.82) is 0 Å². The number of rotatable bonds is 1. The van der Waals surface area contributed by atoms with E-state index in [0.717, 1.165) is 15.7 Å². The fourth-order valence-electron chi connectivity index (χ4n) is 1.41. The Balaban J connectivity index is 2.06. The summed E-state index contributed by atoms with van der Waals surface area (Å²) in [7, 11) is 0. The number of benzene rings is 1. The average molecular weight is 315 g/mol. The molecule has 0 aliphatic carbocycles. The molecule has 19 heavy (non-hydrogen) atoms. The monoisotopic (exact) mass is 314 g/mol. The zero-order valence-corrected chi connectivity index (χ0v) is 11.9. The summed E-state index contributed by atoms with van der Waals surface area (Å²) >= 11 is 3.35. The van der Waals surface area contributed by atoms with E-state index < -0.39 is 0 Å². The molecule has 0 saturated heterocycles. The lowest BCUT2D eigenvalue weighted by Crippen LogP contribution is -2.10. The number of pyridine rings is 1. The first kappa shape index (κ1) is 13.3. The highest BCUT2D eigenvalue weighted by molar-refractivity contribution is 9.10. The van der Waals surface area contributed by atoms with Crippen LogP contribution in [0.4, 0.5) is 5.82 Å². The van der Waals surface area contributed by atoms with Crippen LogP contribution in [0.5, 0.6) is 0 Å². The van der Waals surface area contributed by atoms with Gasteiger partial charge in [-0.15, -0.1) is 0 Å². The van der Waals surface area contributed by atoms with Crippen molar-refractivity contribution in [2.45, 2.75) is 6.92 Å². The van der Waals surface area contributed by atoms with Crippen LogP contribution in [0, 0.1) is 18.8 Å². The van der Waals surface area contributed by atoms with Crippen LogP contribution < -0.4 is 5.32 Å². The first-order valence-electron chi connectivity index (χ1n) is 5.66. The van der Waals surface area contributed by atoms with Crippen LogP contribution in [0.1, 0.15) is 11.3 Å². The number of aromatic nitrogens is 1. The van der Waals surface area contributed by atoms with Gasteiger partial charge in [-0.3, -0.25) is 10.1 Å². The molecule has 1 N–H and O–H groups in total. The number of halogens is 1. The van der Waals surface area contributed by atoms with Crippen molar-refractivity contribution in [3.63, 3.8) is 0 Å². The Hall–Kier alpha value is -2.12. The van der Waals surface area contributed by atoms with Crippen LogP contribution in [0.3, 0.4) is 0 Å². The molecule has 1 amide bonds. The maximum Gasteiger partial charge on any atom is 0.301 e. The highest BCUT2D eigenvalue weighted by atomic mass is 79.9. The molecule has 4 heteroatoms. The third-order valence-corrected chi connectivity index (χ3v) is 3.20. The van der Waals surface area contributed by atoms with E-state index in [1.807, 2.05) is 43.3 Å². The largest absolute Gasteiger partial charge is 0.301 e. The van der Waals surface area contributed by atoms with Gasteiger partial charge in [0.2, 0.25) is 0 Å². The standard InChI is InChI=1S/C15H11BrN2O/c1-11-13(16)8-9-14(17-11)18-15(19)10-7-12-5-3-2-4-6-12/h2-6,8-9H,1H3,(H,17,18,19). The Morgan fingerprint density at radius 2 is 1.95 bits per heavy atom. The minimum absolute atomic E-state index is 0.377. The van der Waals surface area contributed by atoms with Gasteiger partial charge in [-0.2, -0.15) is 0 Å². The number of nitrogens with one attached hydrogen (secondary N) is 1. The number of hydrogen-bond acceptors (Lipinski definition) is 2. The molecule has 1 aromatic carbocycles. The maximum absolute atomic E-state index is 11.6. The Kier molecular flexibility index (Phi) is 4.32. The molecule has 0 saturated carbocycles. The lowest BCUT2D eigenvalue weighted by Gasteiger charge is -2.02. The molecule has 3 nitrogen and oxygen atoms in total. The molecule has 2 rings (SSSR count). The number of hydrogen-bond donors (Lipinski definition) is 1. The molecular formula is C15H11BrN2O. The Morgan fingerprint density at radius 1 is 1.21 bits per heavy atom. The van der Waals surface area contributed by atoms with Gasteiger partial charge in [0.05, 0.1) is 5.69 Å². The summed E-state index contributed by atoms with van der Waals surface area (Å²) in [6.45, 7) is 1.86. The highest BCUT2D eigenvalue weighted by Crippen LogP contribution is 2.15. The number of anilines is 1. The molecule has 0 spiro atoms. The smallest absolute Gasteiger partial charge is 0.300 e. The number of amides is 1. The van der Waals surface area contributed by atoms with Gasteiger partial charge in [0.15, 0.2) is 0 Å². The minimum Gasteiger partial charge on any atom is -0.300 e. The predicted octanol–water partition coefficient (Wildman–Crippen LogP) is 3.14. The molecule has 1 heterocycles. The molecule has 0 unspecified atom stereocenters. The second-order valence-corrected chi connectivity index (χ2v) is 4.69. The van der Waals surface area contributed by atoms with Gasteiger partial charge in [0, 0.05) is 16.0 Å². The Labute approximate surface area is 120 Å². The quantitative estimate of drug-likeness (QED) is 0.822. The van der Waals surface area contributed by atoms with E-state index in [0.29, 0.717) is 5.82 Å². The minimum atomic E-state index is -0.377. The molecule has 0 radical (unpaired) electrons. The van der Waals surface area contributed by atoms with Gasteiger partial charge in [0.1, 0.15) is 5.82 Å². The van der Waals surface area contributed by atoms with Crippen molar-refractivity contribution in [2.75, 3.05) is 5.32 Å². The second-order valence-electron chi connectivity index (χ2n) is 3.83. The van der Waals surface area contributed by atoms with Gasteiger partial charge in [-0.25, -0.2) is 4.98 Å². The van der Waals surface area contributed by atoms with Gasteiger partial charge in [-0.1, -0.05) is 24.1 Å². The summed E-state index contributed by atoms with van der Waals surface area (Å²) in [5.41, 5.74) is 1.62. The summed E-state index contributed by atoms with van der Waals surface area (Å²) in [6.07, 6.45) is 0. The van der Waals surface area contributed by atoms with E-state index >= 15 is 0 Å². The van der Waals surface area contributed by atoms with E-state index in [4.69, 9.17) is 0 Å². The average Bonchev–Trinajstić information content (AvgIpc) is 2.42. The van der Waals surface area contributed by atoms with Crippen LogP contribution in [0.15, 0.2) is 46.9 Å². The van der Waals surface area contributed by atoms with Crippen LogP contribution in [0.25, 0.3) is 0 Å². The molecule has 2 aromatic rings. The fourth-order valence-corrected chi connectivity index (χ4v) is 1.63. The third-order valence-electron chi connectivity index (χ3n) is 2.36. The van der Waals surface area contributed by atoms with E-state index in [1.165, 1.54) is 0 Å². The number of aryl methyl sites for hydroxylation is 1. The zero-order chi connectivity index (χ0) is 13.7. The molecule has 1 aromatic heterocycles. The molecule has 0 aliphatic rings. The van der Waals surface area contributed by atoms with Gasteiger partial charge in [-0.05, 0) is 47.1 Å². The van der Waals surface area contributed by atoms with Crippen LogP contribution in [0.2, 0.25) is 0 Å². The summed E-state index contributed by atoms with van der Waals surface area (Å²) in [6, 6.07) is 12.9. The first-order chi connectivity index (χ1) is 9.15. The van der Waals surface area contributed by atoms with Crippen LogP contribution in [-0.4, -0.2) is 10.9 Å². The summed E-state index contributed by atoms with van der Waals surface area (Å²) in [5, 5.41) is 2.64. The third kappa shape index (κ3) is 3.94. The van der Waals surface area contributed by atoms with Gasteiger partial charge >= 0.3 is 5.91 Å². The van der Waals surface area contributed by atoms with Crippen LogP contribution >= 0.6 is 15.9 Å². The summed E-state index contributed by atoms with van der Waals surface area (Å²) in [4.78, 5) is 15.9. The summed E-state index contributed by atoms with van der Waals surface area (Å²) < 4.78 is 0.904. The van der Waals surface area contributed by atoms with Gasteiger partial charge in [0.25, 0.3) is 0 Å². The number of carbonyl (C=O) groups is 1. The van der Waals surface area contributed by atoms with E-state index in [-0.39, 0.29) is 5.91 Å². The molecule has 0 atom stereocenters. The van der Waals surface area contributed by atoms with Crippen molar-refractivity contribution in [3.8, 4) is 11.8 Å². The van der Waals surface area contributed by atoms with Crippen molar-refractivity contribution in [3.05, 3.63) is 58.2 Å². The van der Waals surface area contributed by atoms with E-state index in [1.54, 1.807) is 6.07 Å². The number of carbonyl (C=O) groups excluding carboxylic acids is 1. The lowest BCUT2D eigenvalue weighted by atomic mass is 10.2. The van der Waals surface area contributed by atoms with Crippen molar-refractivity contribution < 1.29 is 4.79 Å². The molecule has 0 fully saturated rings. The normalized spacial score (nSPS) is 9.37. The van der Waals surface area contributed by atoms with Crippen LogP contribution in [-0.2, 0) is 4.79 Å². The lowest BCUT2D eigenvalue weighted by molar-refractivity contribution is -0.111. The Bertz CT molecular complexity index is 657. The summed E-state index contributed by atoms with van der Waals surface area (Å²) in [5.74, 6) is 5.44. The zero-order valence-electron chi connectivity index (χ0n) is 10.3. The highest BCUT2D eigenvalue weighted by Gasteiger charge is 2.01. The van der Waals surface area contributed by atoms with Gasteiger partial charge < -0.3 is 0 Å². The maximum atomic E-state index is 11.6. The molecular weight excluding hydrogens is 304 g/mol. The van der Waals surface area contributed by atoms with Crippen molar-refractivity contribution >= 4 is 27.7 Å². The van der Waals surface area contributed by atoms with E-state index in [9.17, 15) is 4.79 Å². The fraction of sp³-hybridized carbons (Fsp3) is 0.0667. The second kappa shape index (κ2) is 6.17. The molecule has 0 aliphatic heterocycles. The molecule has 94 valence electrons. The number of nitrogens with zero attached hydrogens (tertiary/aromatic N) is 1. The molecule has 0 bridgehead atoms. The van der Waals surface area contributed by atoms with E-state index in [2.05, 4.69) is 38.1 Å². The van der Waals surface area contributed by atoms with Crippen molar-refractivity contribution in [1.82, 2.24) is 4.98 Å².